The molecule has 0 bridgehead atoms. The number of carbonyl (C=O) groups excluding carboxylic acids is 1. The van der Waals surface area contributed by atoms with Gasteiger partial charge < -0.3 is 9.88 Å². The summed E-state index contributed by atoms with van der Waals surface area (Å²) in [5, 5.41) is 5.88. The number of hydrogen-bond acceptors (Lipinski definition) is 5. The lowest BCUT2D eigenvalue weighted by molar-refractivity contribution is 0.102. The standard InChI is InChI=1S/C21H18N4O2S/c1-12-4-5-15(24-19(26)20-22-6-7-28-20)10-16(12)17-9-14-11-23-13(2)8-18(14)25(3)21(17)27/h4-11H,1-3H3,(H,24,26). The molecular formula is C21H18N4O2S. The largest absolute Gasteiger partial charge is 0.320 e. The number of fused-ring (bicyclic) bond motifs is 1. The van der Waals surface area contributed by atoms with Crippen LogP contribution in [0.2, 0.25) is 0 Å². The van der Waals surface area contributed by atoms with Crippen LogP contribution in [0.25, 0.3) is 22.0 Å². The molecule has 0 aliphatic rings. The summed E-state index contributed by atoms with van der Waals surface area (Å²) in [6.07, 6.45) is 3.37. The number of aryl methyl sites for hydroxylation is 3. The predicted molar refractivity (Wildman–Crippen MR) is 112 cm³/mol. The van der Waals surface area contributed by atoms with Gasteiger partial charge in [0.05, 0.1) is 5.52 Å². The molecule has 0 spiro atoms. The fourth-order valence-corrected chi connectivity index (χ4v) is 3.70. The van der Waals surface area contributed by atoms with E-state index in [9.17, 15) is 9.59 Å². The van der Waals surface area contributed by atoms with E-state index in [1.165, 1.54) is 11.3 Å². The van der Waals surface area contributed by atoms with Crippen LogP contribution in [0.15, 0.2) is 52.9 Å². The summed E-state index contributed by atoms with van der Waals surface area (Å²) in [6.45, 7) is 3.84. The summed E-state index contributed by atoms with van der Waals surface area (Å²) in [5.74, 6) is -0.268. The number of thiazole rings is 1. The highest BCUT2D eigenvalue weighted by atomic mass is 32.1. The van der Waals surface area contributed by atoms with Gasteiger partial charge in [-0.05, 0) is 49.2 Å². The molecule has 0 saturated heterocycles. The van der Waals surface area contributed by atoms with Gasteiger partial charge in [0, 0.05) is 47.2 Å². The summed E-state index contributed by atoms with van der Waals surface area (Å²) >= 11 is 1.28. The summed E-state index contributed by atoms with van der Waals surface area (Å²) in [4.78, 5) is 33.7. The van der Waals surface area contributed by atoms with Crippen molar-refractivity contribution in [3.63, 3.8) is 0 Å². The zero-order valence-electron chi connectivity index (χ0n) is 15.7. The normalized spacial score (nSPS) is 11.0. The number of aromatic nitrogens is 3. The molecule has 140 valence electrons. The van der Waals surface area contributed by atoms with Crippen molar-refractivity contribution in [1.29, 1.82) is 0 Å². The van der Waals surface area contributed by atoms with Gasteiger partial charge >= 0.3 is 0 Å². The molecule has 0 unspecified atom stereocenters. The lowest BCUT2D eigenvalue weighted by Crippen LogP contribution is -2.19. The maximum absolute atomic E-state index is 13.0. The lowest BCUT2D eigenvalue weighted by atomic mass is 9.99. The third kappa shape index (κ3) is 3.20. The van der Waals surface area contributed by atoms with Gasteiger partial charge in [-0.1, -0.05) is 6.07 Å². The molecule has 4 aromatic rings. The maximum Gasteiger partial charge on any atom is 0.284 e. The molecule has 1 amide bonds. The first-order valence-corrected chi connectivity index (χ1v) is 9.60. The van der Waals surface area contributed by atoms with Crippen molar-refractivity contribution in [3.05, 3.63) is 74.7 Å². The number of anilines is 1. The minimum atomic E-state index is -0.268. The van der Waals surface area contributed by atoms with E-state index >= 15 is 0 Å². The van der Waals surface area contributed by atoms with Crippen LogP contribution in [0.1, 0.15) is 21.1 Å². The van der Waals surface area contributed by atoms with E-state index in [0.29, 0.717) is 16.3 Å². The van der Waals surface area contributed by atoms with Gasteiger partial charge in [-0.25, -0.2) is 4.98 Å². The van der Waals surface area contributed by atoms with Crippen LogP contribution in [0.5, 0.6) is 0 Å². The first kappa shape index (κ1) is 18.1. The second-order valence-electron chi connectivity index (χ2n) is 6.63. The topological polar surface area (TPSA) is 76.9 Å². The van der Waals surface area contributed by atoms with Crippen molar-refractivity contribution < 1.29 is 4.79 Å². The Labute approximate surface area is 165 Å². The molecular weight excluding hydrogens is 372 g/mol. The average Bonchev–Trinajstić information content (AvgIpc) is 3.22. The monoisotopic (exact) mass is 390 g/mol. The fourth-order valence-electron chi connectivity index (χ4n) is 3.17. The van der Waals surface area contributed by atoms with Crippen LogP contribution >= 0.6 is 11.3 Å². The van der Waals surface area contributed by atoms with Gasteiger partial charge in [-0.15, -0.1) is 11.3 Å². The molecule has 0 aliphatic heterocycles. The number of carbonyl (C=O) groups is 1. The molecule has 1 aromatic carbocycles. The van der Waals surface area contributed by atoms with Crippen molar-refractivity contribution in [2.24, 2.45) is 7.05 Å². The van der Waals surface area contributed by atoms with Crippen molar-refractivity contribution in [2.45, 2.75) is 13.8 Å². The molecule has 3 heterocycles. The Morgan fingerprint density at radius 1 is 1.11 bits per heavy atom. The minimum Gasteiger partial charge on any atom is -0.320 e. The van der Waals surface area contributed by atoms with Gasteiger partial charge in [0.2, 0.25) is 0 Å². The zero-order chi connectivity index (χ0) is 19.8. The van der Waals surface area contributed by atoms with Crippen molar-refractivity contribution in [1.82, 2.24) is 14.5 Å². The second-order valence-corrected chi connectivity index (χ2v) is 7.52. The smallest absolute Gasteiger partial charge is 0.284 e. The summed E-state index contributed by atoms with van der Waals surface area (Å²) in [6, 6.07) is 9.30. The molecule has 7 heteroatoms. The predicted octanol–water partition coefficient (Wildman–Crippen LogP) is 3.93. The third-order valence-electron chi connectivity index (χ3n) is 4.66. The van der Waals surface area contributed by atoms with Crippen LogP contribution in [0.3, 0.4) is 0 Å². The van der Waals surface area contributed by atoms with Gasteiger partial charge in [-0.3, -0.25) is 14.6 Å². The van der Waals surface area contributed by atoms with E-state index in [-0.39, 0.29) is 11.5 Å². The Hall–Kier alpha value is -3.32. The lowest BCUT2D eigenvalue weighted by Gasteiger charge is -2.13. The van der Waals surface area contributed by atoms with Crippen molar-refractivity contribution >= 4 is 33.8 Å². The highest BCUT2D eigenvalue weighted by molar-refractivity contribution is 7.11. The Bertz CT molecular complexity index is 1260. The third-order valence-corrected chi connectivity index (χ3v) is 5.43. The van der Waals surface area contributed by atoms with E-state index in [2.05, 4.69) is 15.3 Å². The molecule has 0 radical (unpaired) electrons. The fraction of sp³-hybridized carbons (Fsp3) is 0.143. The minimum absolute atomic E-state index is 0.0930. The van der Waals surface area contributed by atoms with Crippen molar-refractivity contribution in [2.75, 3.05) is 5.32 Å². The van der Waals surface area contributed by atoms with Gasteiger partial charge in [-0.2, -0.15) is 0 Å². The van der Waals surface area contributed by atoms with Crippen molar-refractivity contribution in [3.8, 4) is 11.1 Å². The summed E-state index contributed by atoms with van der Waals surface area (Å²) in [7, 11) is 1.76. The number of nitrogens with one attached hydrogen (secondary N) is 1. The highest BCUT2D eigenvalue weighted by Crippen LogP contribution is 2.27. The molecule has 3 aromatic heterocycles. The van der Waals surface area contributed by atoms with Crippen LogP contribution in [-0.4, -0.2) is 20.4 Å². The van der Waals surface area contributed by atoms with Crippen LogP contribution in [-0.2, 0) is 7.05 Å². The molecule has 4 rings (SSSR count). The van der Waals surface area contributed by atoms with E-state index in [1.54, 1.807) is 29.4 Å². The second kappa shape index (κ2) is 7.01. The van der Waals surface area contributed by atoms with E-state index in [1.807, 2.05) is 44.2 Å². The molecule has 0 saturated carbocycles. The van der Waals surface area contributed by atoms with Crippen LogP contribution in [0, 0.1) is 13.8 Å². The molecule has 0 atom stereocenters. The zero-order valence-corrected chi connectivity index (χ0v) is 16.5. The Morgan fingerprint density at radius 3 is 2.68 bits per heavy atom. The number of pyridine rings is 2. The van der Waals surface area contributed by atoms with Gasteiger partial charge in [0.25, 0.3) is 11.5 Å². The average molecular weight is 390 g/mol. The number of amides is 1. The van der Waals surface area contributed by atoms with Gasteiger partial charge in [0.15, 0.2) is 5.01 Å². The molecule has 6 nitrogen and oxygen atoms in total. The number of nitrogens with zero attached hydrogens (tertiary/aromatic N) is 3. The summed E-state index contributed by atoms with van der Waals surface area (Å²) < 4.78 is 1.64. The van der Waals surface area contributed by atoms with Crippen LogP contribution < -0.4 is 10.9 Å². The first-order chi connectivity index (χ1) is 13.4. The van der Waals surface area contributed by atoms with Crippen LogP contribution in [0.4, 0.5) is 5.69 Å². The summed E-state index contributed by atoms with van der Waals surface area (Å²) in [5.41, 5.74) is 4.52. The Balaban J connectivity index is 1.81. The number of hydrogen-bond donors (Lipinski definition) is 1. The molecule has 0 aliphatic carbocycles. The molecule has 0 fully saturated rings. The number of benzene rings is 1. The first-order valence-electron chi connectivity index (χ1n) is 8.72. The van der Waals surface area contributed by atoms with Gasteiger partial charge in [0.1, 0.15) is 0 Å². The van der Waals surface area contributed by atoms with E-state index in [0.717, 1.165) is 27.7 Å². The molecule has 28 heavy (non-hydrogen) atoms. The highest BCUT2D eigenvalue weighted by Gasteiger charge is 2.14. The molecule has 1 N–H and O–H groups in total. The SMILES string of the molecule is Cc1cc2c(cn1)cc(-c1cc(NC(=O)c3nccs3)ccc1C)c(=O)n2C. The quantitative estimate of drug-likeness (QED) is 0.575. The number of rotatable bonds is 3. The maximum atomic E-state index is 13.0. The van der Waals surface area contributed by atoms with E-state index < -0.39 is 0 Å². The Kier molecular flexibility index (Phi) is 4.52. The Morgan fingerprint density at radius 2 is 1.93 bits per heavy atom. The van der Waals surface area contributed by atoms with E-state index in [4.69, 9.17) is 0 Å².